The van der Waals surface area contributed by atoms with E-state index in [9.17, 15) is 13.2 Å². The van der Waals surface area contributed by atoms with Crippen molar-refractivity contribution < 1.29 is 17.9 Å². The fraction of sp³-hybridized carbons (Fsp3) is 0.304. The molecule has 4 rings (SSSR count). The van der Waals surface area contributed by atoms with Crippen LogP contribution in [-0.4, -0.2) is 62.0 Å². The highest BCUT2D eigenvalue weighted by Crippen LogP contribution is 2.27. The Morgan fingerprint density at radius 1 is 1.13 bits per heavy atom. The number of sulfone groups is 1. The van der Waals surface area contributed by atoms with Crippen molar-refractivity contribution in [3.8, 4) is 11.3 Å². The summed E-state index contributed by atoms with van der Waals surface area (Å²) >= 11 is 0. The third-order valence-electron chi connectivity index (χ3n) is 5.46. The second-order valence-corrected chi connectivity index (χ2v) is 9.72. The summed E-state index contributed by atoms with van der Waals surface area (Å²) in [5.41, 5.74) is 2.89. The number of fused-ring (bicyclic) bond motifs is 1. The van der Waals surface area contributed by atoms with Gasteiger partial charge in [-0.3, -0.25) is 4.79 Å². The number of hydrogen-bond acceptors (Lipinski definition) is 5. The van der Waals surface area contributed by atoms with E-state index in [-0.39, 0.29) is 23.5 Å². The minimum Gasteiger partial charge on any atom is -0.383 e. The number of ether oxygens (including phenoxy) is 1. The summed E-state index contributed by atoms with van der Waals surface area (Å²) in [6.07, 6.45) is 0.451. The van der Waals surface area contributed by atoms with E-state index >= 15 is 0 Å². The molecule has 30 heavy (non-hydrogen) atoms. The molecule has 156 valence electrons. The van der Waals surface area contributed by atoms with Crippen LogP contribution in [0.4, 0.5) is 0 Å². The third-order valence-corrected chi connectivity index (χ3v) is 7.21. The monoisotopic (exact) mass is 424 g/mol. The molecule has 1 aliphatic heterocycles. The maximum Gasteiger partial charge on any atom is 0.254 e. The molecule has 0 spiro atoms. The zero-order valence-electron chi connectivity index (χ0n) is 16.8. The highest BCUT2D eigenvalue weighted by molar-refractivity contribution is 7.91. The Morgan fingerprint density at radius 3 is 2.57 bits per heavy atom. The molecule has 1 saturated heterocycles. The highest BCUT2D eigenvalue weighted by atomic mass is 32.2. The van der Waals surface area contributed by atoms with Gasteiger partial charge >= 0.3 is 0 Å². The van der Waals surface area contributed by atoms with Crippen LogP contribution < -0.4 is 0 Å². The lowest BCUT2D eigenvalue weighted by atomic mass is 10.0. The van der Waals surface area contributed by atoms with Crippen molar-refractivity contribution in [2.24, 2.45) is 0 Å². The lowest BCUT2D eigenvalue weighted by Gasteiger charge is -2.28. The quantitative estimate of drug-likeness (QED) is 0.607. The molecule has 1 unspecified atom stereocenters. The normalized spacial score (nSPS) is 17.8. The van der Waals surface area contributed by atoms with E-state index in [2.05, 4.69) is 0 Å². The number of para-hydroxylation sites is 1. The highest BCUT2D eigenvalue weighted by Gasteiger charge is 2.35. The Balaban J connectivity index is 1.80. The first-order valence-electron chi connectivity index (χ1n) is 9.94. The van der Waals surface area contributed by atoms with Crippen LogP contribution in [0.5, 0.6) is 0 Å². The van der Waals surface area contributed by atoms with Gasteiger partial charge in [0.05, 0.1) is 34.9 Å². The molecule has 2 aromatic carbocycles. The molecule has 0 saturated carbocycles. The Bertz CT molecular complexity index is 1160. The molecular formula is C23H24N2O4S. The van der Waals surface area contributed by atoms with E-state index in [1.807, 2.05) is 60.7 Å². The summed E-state index contributed by atoms with van der Waals surface area (Å²) in [5.74, 6) is -0.0810. The number of benzene rings is 2. The van der Waals surface area contributed by atoms with Gasteiger partial charge in [0, 0.05) is 30.6 Å². The number of nitrogens with zero attached hydrogens (tertiary/aromatic N) is 2. The van der Waals surface area contributed by atoms with Crippen molar-refractivity contribution >= 4 is 26.6 Å². The zero-order valence-corrected chi connectivity index (χ0v) is 17.6. The van der Waals surface area contributed by atoms with Gasteiger partial charge in [0.2, 0.25) is 0 Å². The third kappa shape index (κ3) is 4.22. The minimum atomic E-state index is -3.12. The fourth-order valence-electron chi connectivity index (χ4n) is 3.92. The summed E-state index contributed by atoms with van der Waals surface area (Å²) in [4.78, 5) is 20.1. The molecular weight excluding hydrogens is 400 g/mol. The summed E-state index contributed by atoms with van der Waals surface area (Å²) in [5, 5.41) is 0.755. The topological polar surface area (TPSA) is 76.6 Å². The van der Waals surface area contributed by atoms with Crippen LogP contribution in [0.2, 0.25) is 0 Å². The number of amides is 1. The van der Waals surface area contributed by atoms with Crippen LogP contribution in [-0.2, 0) is 14.6 Å². The average molecular weight is 425 g/mol. The lowest BCUT2D eigenvalue weighted by Crippen LogP contribution is -2.43. The van der Waals surface area contributed by atoms with E-state index in [0.717, 1.165) is 16.5 Å². The largest absolute Gasteiger partial charge is 0.383 e. The second kappa shape index (κ2) is 8.53. The Hall–Kier alpha value is -2.77. The smallest absolute Gasteiger partial charge is 0.254 e. The molecule has 7 heteroatoms. The number of pyridine rings is 1. The number of carbonyl (C=O) groups excluding carboxylic acids is 1. The number of methoxy groups -OCH3 is 1. The maximum atomic E-state index is 13.7. The van der Waals surface area contributed by atoms with Crippen molar-refractivity contribution in [3.63, 3.8) is 0 Å². The first-order chi connectivity index (χ1) is 14.5. The number of rotatable bonds is 6. The summed E-state index contributed by atoms with van der Waals surface area (Å²) in [7, 11) is -1.55. The molecule has 0 bridgehead atoms. The molecule has 1 atom stereocenters. The van der Waals surface area contributed by atoms with Crippen LogP contribution in [0.3, 0.4) is 0 Å². The molecule has 1 fully saturated rings. The van der Waals surface area contributed by atoms with E-state index in [1.165, 1.54) is 0 Å². The molecule has 2 heterocycles. The molecule has 6 nitrogen and oxygen atoms in total. The van der Waals surface area contributed by atoms with Gasteiger partial charge in [0.15, 0.2) is 9.84 Å². The number of hydrogen-bond donors (Lipinski definition) is 0. The van der Waals surface area contributed by atoms with Crippen LogP contribution in [0.15, 0.2) is 60.7 Å². The molecule has 1 aliphatic rings. The molecule has 1 aromatic heterocycles. The summed E-state index contributed by atoms with van der Waals surface area (Å²) in [6, 6.07) is 18.7. The number of carbonyl (C=O) groups is 1. The van der Waals surface area contributed by atoms with E-state index < -0.39 is 9.84 Å². The van der Waals surface area contributed by atoms with Gasteiger partial charge < -0.3 is 9.64 Å². The van der Waals surface area contributed by atoms with E-state index in [0.29, 0.717) is 30.8 Å². The van der Waals surface area contributed by atoms with Gasteiger partial charge in [-0.05, 0) is 18.6 Å². The van der Waals surface area contributed by atoms with Crippen LogP contribution >= 0.6 is 0 Å². The summed E-state index contributed by atoms with van der Waals surface area (Å²) < 4.78 is 29.3. The first kappa shape index (κ1) is 20.5. The Kier molecular flexibility index (Phi) is 5.83. The summed E-state index contributed by atoms with van der Waals surface area (Å²) in [6.45, 7) is 0.684. The molecule has 0 radical (unpaired) electrons. The van der Waals surface area contributed by atoms with Crippen LogP contribution in [0.25, 0.3) is 22.2 Å². The minimum absolute atomic E-state index is 0.00296. The predicted molar refractivity (Wildman–Crippen MR) is 117 cm³/mol. The first-order valence-corrected chi connectivity index (χ1v) is 11.8. The molecule has 1 amide bonds. The maximum absolute atomic E-state index is 13.7. The van der Waals surface area contributed by atoms with Gasteiger partial charge in [0.1, 0.15) is 0 Å². The van der Waals surface area contributed by atoms with Crippen LogP contribution in [0.1, 0.15) is 16.8 Å². The fourth-order valence-corrected chi connectivity index (χ4v) is 5.66. The zero-order chi connectivity index (χ0) is 21.1. The average Bonchev–Trinajstić information content (AvgIpc) is 3.13. The van der Waals surface area contributed by atoms with Crippen LogP contribution in [0, 0.1) is 0 Å². The van der Waals surface area contributed by atoms with E-state index in [4.69, 9.17) is 9.72 Å². The van der Waals surface area contributed by atoms with Gasteiger partial charge in [0.25, 0.3) is 5.91 Å². The van der Waals surface area contributed by atoms with Gasteiger partial charge in [-0.2, -0.15) is 0 Å². The van der Waals surface area contributed by atoms with E-state index in [1.54, 1.807) is 12.0 Å². The Labute approximate surface area is 176 Å². The number of aromatic nitrogens is 1. The molecule has 0 N–H and O–H groups in total. The molecule has 3 aromatic rings. The van der Waals surface area contributed by atoms with Gasteiger partial charge in [-0.15, -0.1) is 0 Å². The SMILES string of the molecule is COCCN(C(=O)c1cc(-c2ccccc2)nc2ccccc12)C1CCS(=O)(=O)C1. The van der Waals surface area contributed by atoms with Gasteiger partial charge in [-0.25, -0.2) is 13.4 Å². The van der Waals surface area contributed by atoms with Crippen molar-refractivity contribution in [3.05, 3.63) is 66.2 Å². The lowest BCUT2D eigenvalue weighted by molar-refractivity contribution is 0.0626. The predicted octanol–water partition coefficient (Wildman–Crippen LogP) is 3.18. The van der Waals surface area contributed by atoms with Crippen molar-refractivity contribution in [2.75, 3.05) is 31.8 Å². The second-order valence-electron chi connectivity index (χ2n) is 7.49. The van der Waals surface area contributed by atoms with Crippen molar-refractivity contribution in [1.29, 1.82) is 0 Å². The van der Waals surface area contributed by atoms with Crippen molar-refractivity contribution in [1.82, 2.24) is 9.88 Å². The Morgan fingerprint density at radius 2 is 1.87 bits per heavy atom. The standard InChI is InChI=1S/C23H24N2O4S/c1-29-13-12-25(18-11-14-30(27,28)16-18)23(26)20-15-22(17-7-3-2-4-8-17)24-21-10-6-5-9-19(20)21/h2-10,15,18H,11-14,16H2,1H3. The molecule has 0 aliphatic carbocycles. The van der Waals surface area contributed by atoms with Gasteiger partial charge in [-0.1, -0.05) is 48.5 Å². The van der Waals surface area contributed by atoms with Crippen molar-refractivity contribution in [2.45, 2.75) is 12.5 Å².